The van der Waals surface area contributed by atoms with Crippen LogP contribution in [-0.4, -0.2) is 31.4 Å². The van der Waals surface area contributed by atoms with E-state index in [9.17, 15) is 4.79 Å². The molecule has 1 saturated heterocycles. The maximum atomic E-state index is 11.6. The molecule has 1 heterocycles. The number of methoxy groups -OCH3 is 1. The number of carbonyl (C=O) groups excluding carboxylic acids is 1. The van der Waals surface area contributed by atoms with Gasteiger partial charge in [-0.3, -0.25) is 0 Å². The minimum absolute atomic E-state index is 0.332. The Morgan fingerprint density at radius 3 is 2.13 bits per heavy atom. The summed E-state index contributed by atoms with van der Waals surface area (Å²) in [4.78, 5) is 11.6. The predicted molar refractivity (Wildman–Crippen MR) is 91.0 cm³/mol. The highest BCUT2D eigenvalue weighted by Crippen LogP contribution is 2.36. The van der Waals surface area contributed by atoms with Gasteiger partial charge < -0.3 is 14.0 Å². The first-order valence-electron chi connectivity index (χ1n) is 7.71. The molecule has 2 aromatic rings. The van der Waals surface area contributed by atoms with Crippen LogP contribution in [0.5, 0.6) is 0 Å². The van der Waals surface area contributed by atoms with Gasteiger partial charge in [0.2, 0.25) is 0 Å². The minimum Gasteiger partial charge on any atom is -0.465 e. The van der Waals surface area contributed by atoms with Crippen LogP contribution < -0.4 is 5.46 Å². The van der Waals surface area contributed by atoms with Crippen molar-refractivity contribution in [2.45, 2.75) is 38.9 Å². The molecule has 0 bridgehead atoms. The second-order valence-electron chi connectivity index (χ2n) is 6.90. The SMILES string of the molecule is COC(=O)c1ccc2cc(B3OC(C)(C)C(C)(C)O3)ccc2c1. The van der Waals surface area contributed by atoms with E-state index in [1.54, 1.807) is 6.07 Å². The highest BCUT2D eigenvalue weighted by atomic mass is 16.7. The van der Waals surface area contributed by atoms with Crippen LogP contribution in [0.4, 0.5) is 0 Å². The number of fused-ring (bicyclic) bond motifs is 1. The van der Waals surface area contributed by atoms with E-state index in [0.29, 0.717) is 5.56 Å². The van der Waals surface area contributed by atoms with Crippen LogP contribution in [0.2, 0.25) is 0 Å². The first-order valence-corrected chi connectivity index (χ1v) is 7.71. The van der Waals surface area contributed by atoms with E-state index in [1.165, 1.54) is 7.11 Å². The predicted octanol–water partition coefficient (Wildman–Crippen LogP) is 2.93. The zero-order valence-electron chi connectivity index (χ0n) is 14.2. The molecule has 0 aromatic heterocycles. The van der Waals surface area contributed by atoms with Gasteiger partial charge in [-0.1, -0.05) is 24.3 Å². The van der Waals surface area contributed by atoms with E-state index in [0.717, 1.165) is 16.2 Å². The summed E-state index contributed by atoms with van der Waals surface area (Å²) in [6.45, 7) is 8.15. The Morgan fingerprint density at radius 1 is 0.957 bits per heavy atom. The highest BCUT2D eigenvalue weighted by molar-refractivity contribution is 6.62. The summed E-state index contributed by atoms with van der Waals surface area (Å²) in [5.41, 5.74) is 0.799. The van der Waals surface area contributed by atoms with Gasteiger partial charge >= 0.3 is 13.1 Å². The molecule has 2 aromatic carbocycles. The second kappa shape index (κ2) is 5.36. The monoisotopic (exact) mass is 312 g/mol. The van der Waals surface area contributed by atoms with Crippen molar-refractivity contribution in [3.8, 4) is 0 Å². The van der Waals surface area contributed by atoms with Crippen LogP contribution in [0.1, 0.15) is 38.1 Å². The Balaban J connectivity index is 1.94. The molecule has 0 N–H and O–H groups in total. The molecule has 1 aliphatic heterocycles. The van der Waals surface area contributed by atoms with E-state index in [-0.39, 0.29) is 24.3 Å². The maximum absolute atomic E-state index is 11.6. The van der Waals surface area contributed by atoms with Crippen LogP contribution in [0.15, 0.2) is 36.4 Å². The number of hydrogen-bond acceptors (Lipinski definition) is 4. The molecule has 1 fully saturated rings. The van der Waals surface area contributed by atoms with Crippen molar-refractivity contribution in [1.82, 2.24) is 0 Å². The molecule has 120 valence electrons. The number of ether oxygens (including phenoxy) is 1. The van der Waals surface area contributed by atoms with E-state index >= 15 is 0 Å². The molecular weight excluding hydrogens is 291 g/mol. The van der Waals surface area contributed by atoms with Crippen LogP contribution in [0.3, 0.4) is 0 Å². The normalized spacial score (nSPS) is 19.1. The van der Waals surface area contributed by atoms with Crippen molar-refractivity contribution in [1.29, 1.82) is 0 Å². The molecular formula is C18H21BO4. The van der Waals surface area contributed by atoms with Crippen molar-refractivity contribution < 1.29 is 18.8 Å². The molecule has 0 amide bonds. The zero-order chi connectivity index (χ0) is 16.8. The molecule has 0 aliphatic carbocycles. The van der Waals surface area contributed by atoms with Crippen molar-refractivity contribution in [2.75, 3.05) is 7.11 Å². The molecule has 4 nitrogen and oxygen atoms in total. The lowest BCUT2D eigenvalue weighted by Gasteiger charge is -2.32. The Labute approximate surface area is 136 Å². The van der Waals surface area contributed by atoms with E-state index < -0.39 is 0 Å². The molecule has 0 radical (unpaired) electrons. The third-order valence-electron chi connectivity index (χ3n) is 4.81. The summed E-state index contributed by atoms with van der Waals surface area (Å²) in [6.07, 6.45) is 0. The van der Waals surface area contributed by atoms with Gasteiger partial charge in [-0.25, -0.2) is 4.79 Å². The van der Waals surface area contributed by atoms with Crippen LogP contribution in [-0.2, 0) is 14.0 Å². The van der Waals surface area contributed by atoms with Gasteiger partial charge in [-0.05, 0) is 56.1 Å². The van der Waals surface area contributed by atoms with Crippen molar-refractivity contribution in [2.24, 2.45) is 0 Å². The minimum atomic E-state index is -0.385. The van der Waals surface area contributed by atoms with Gasteiger partial charge in [-0.15, -0.1) is 0 Å². The Morgan fingerprint density at radius 2 is 1.52 bits per heavy atom. The Kier molecular flexibility index (Phi) is 3.73. The summed E-state index contributed by atoms with van der Waals surface area (Å²) in [6, 6.07) is 11.5. The molecule has 0 unspecified atom stereocenters. The molecule has 3 rings (SSSR count). The van der Waals surface area contributed by atoms with Crippen LogP contribution in [0.25, 0.3) is 10.8 Å². The average Bonchev–Trinajstić information content (AvgIpc) is 2.73. The number of carbonyl (C=O) groups is 1. The van der Waals surface area contributed by atoms with Gasteiger partial charge in [0.15, 0.2) is 0 Å². The quantitative estimate of drug-likeness (QED) is 0.632. The molecule has 0 saturated carbocycles. The summed E-state index contributed by atoms with van der Waals surface area (Å²) in [5.74, 6) is -0.332. The Hall–Kier alpha value is -1.85. The van der Waals surface area contributed by atoms with Crippen LogP contribution in [0, 0.1) is 0 Å². The van der Waals surface area contributed by atoms with E-state index in [1.807, 2.05) is 58.0 Å². The zero-order valence-corrected chi connectivity index (χ0v) is 14.2. The highest BCUT2D eigenvalue weighted by Gasteiger charge is 2.51. The molecule has 1 aliphatic rings. The summed E-state index contributed by atoms with van der Waals surface area (Å²) >= 11 is 0. The number of hydrogen-bond donors (Lipinski definition) is 0. The lowest BCUT2D eigenvalue weighted by molar-refractivity contribution is 0.00578. The van der Waals surface area contributed by atoms with Gasteiger partial charge in [0.25, 0.3) is 0 Å². The molecule has 5 heteroatoms. The largest absolute Gasteiger partial charge is 0.494 e. The van der Waals surface area contributed by atoms with Gasteiger partial charge in [0, 0.05) is 0 Å². The van der Waals surface area contributed by atoms with Crippen molar-refractivity contribution in [3.63, 3.8) is 0 Å². The fourth-order valence-electron chi connectivity index (χ4n) is 2.63. The Bertz CT molecular complexity index is 751. The molecule has 0 atom stereocenters. The fourth-order valence-corrected chi connectivity index (χ4v) is 2.63. The first-order chi connectivity index (χ1) is 10.7. The lowest BCUT2D eigenvalue weighted by Crippen LogP contribution is -2.41. The smallest absolute Gasteiger partial charge is 0.465 e. The van der Waals surface area contributed by atoms with E-state index in [2.05, 4.69) is 0 Å². The maximum Gasteiger partial charge on any atom is 0.494 e. The lowest BCUT2D eigenvalue weighted by atomic mass is 9.78. The summed E-state index contributed by atoms with van der Waals surface area (Å²) < 4.78 is 16.9. The molecule has 0 spiro atoms. The topological polar surface area (TPSA) is 44.8 Å². The standard InChI is InChI=1S/C18H21BO4/c1-17(2)18(3,4)23-19(22-17)15-9-8-12-10-14(16(20)21-5)7-6-13(12)11-15/h6-11H,1-5H3. The van der Waals surface area contributed by atoms with Crippen LogP contribution >= 0.6 is 0 Å². The van der Waals surface area contributed by atoms with E-state index in [4.69, 9.17) is 14.0 Å². The number of rotatable bonds is 2. The first kappa shape index (κ1) is 16.0. The molecule has 23 heavy (non-hydrogen) atoms. The van der Waals surface area contributed by atoms with Crippen molar-refractivity contribution in [3.05, 3.63) is 42.0 Å². The number of esters is 1. The number of benzene rings is 2. The fraction of sp³-hybridized carbons (Fsp3) is 0.389. The average molecular weight is 312 g/mol. The van der Waals surface area contributed by atoms with Crippen molar-refractivity contribution >= 4 is 29.3 Å². The second-order valence-corrected chi connectivity index (χ2v) is 6.90. The van der Waals surface area contributed by atoms with Gasteiger partial charge in [-0.2, -0.15) is 0 Å². The third-order valence-corrected chi connectivity index (χ3v) is 4.81. The van der Waals surface area contributed by atoms with Gasteiger partial charge in [0.1, 0.15) is 0 Å². The van der Waals surface area contributed by atoms with Gasteiger partial charge in [0.05, 0.1) is 23.9 Å². The third kappa shape index (κ3) is 2.75. The summed E-state index contributed by atoms with van der Waals surface area (Å²) in [7, 11) is 0.998. The summed E-state index contributed by atoms with van der Waals surface area (Å²) in [5, 5.41) is 2.01.